The molecule has 4 rings (SSSR count). The maximum absolute atomic E-state index is 11.9. The summed E-state index contributed by atoms with van der Waals surface area (Å²) in [6.07, 6.45) is 6.24. The highest BCUT2D eigenvalue weighted by Crippen LogP contribution is 2.33. The van der Waals surface area contributed by atoms with E-state index in [1.54, 1.807) is 12.4 Å². The Kier molecular flexibility index (Phi) is 2.07. The number of nitrogens with zero attached hydrogens (tertiary/aromatic N) is 4. The first-order valence-electron chi connectivity index (χ1n) is 5.62. The molecule has 0 aliphatic heterocycles. The third-order valence-electron chi connectivity index (χ3n) is 2.92. The van der Waals surface area contributed by atoms with Crippen LogP contribution in [0.1, 0.15) is 0 Å². The van der Waals surface area contributed by atoms with Crippen molar-refractivity contribution < 1.29 is 0 Å². The molecule has 0 amide bonds. The minimum Gasteiger partial charge on any atom is -0.266 e. The monoisotopic (exact) mass is 266 g/mol. The van der Waals surface area contributed by atoms with Gasteiger partial charge in [-0.15, -0.1) is 11.3 Å². The lowest BCUT2D eigenvalue weighted by molar-refractivity contribution is 1.28. The van der Waals surface area contributed by atoms with Crippen molar-refractivity contribution in [3.05, 3.63) is 47.3 Å². The molecule has 0 saturated heterocycles. The van der Waals surface area contributed by atoms with Crippen molar-refractivity contribution in [1.82, 2.24) is 19.9 Å². The quantitative estimate of drug-likeness (QED) is 0.488. The lowest BCUT2D eigenvalue weighted by Crippen LogP contribution is -1.98. The van der Waals surface area contributed by atoms with E-state index in [2.05, 4.69) is 19.9 Å². The van der Waals surface area contributed by atoms with Crippen LogP contribution in [0.25, 0.3) is 31.3 Å². The maximum Gasteiger partial charge on any atom is 0.289 e. The molecule has 3 aromatic heterocycles. The number of thiophene rings is 1. The molecule has 3 heterocycles. The van der Waals surface area contributed by atoms with Crippen molar-refractivity contribution in [2.24, 2.45) is 0 Å². The number of fused-ring (bicyclic) bond motifs is 5. The van der Waals surface area contributed by atoms with Crippen molar-refractivity contribution in [2.75, 3.05) is 0 Å². The Bertz CT molecular complexity index is 996. The summed E-state index contributed by atoms with van der Waals surface area (Å²) in [5, 5.41) is 0.876. The third-order valence-corrected chi connectivity index (χ3v) is 4.05. The summed E-state index contributed by atoms with van der Waals surface area (Å²) in [7, 11) is 0. The summed E-state index contributed by atoms with van der Waals surface area (Å²) in [4.78, 5) is 28.7. The highest BCUT2D eigenvalue weighted by molar-refractivity contribution is 7.25. The van der Waals surface area contributed by atoms with Gasteiger partial charge in [-0.05, 0) is 12.1 Å². The Morgan fingerprint density at radius 1 is 0.842 bits per heavy atom. The fourth-order valence-corrected chi connectivity index (χ4v) is 3.18. The fraction of sp³-hybridized carbons (Fsp3) is 0. The van der Waals surface area contributed by atoms with Crippen molar-refractivity contribution in [3.8, 4) is 0 Å². The normalized spacial score (nSPS) is 11.4. The van der Waals surface area contributed by atoms with E-state index in [9.17, 15) is 4.79 Å². The molecule has 0 bridgehead atoms. The van der Waals surface area contributed by atoms with Crippen LogP contribution in [0.2, 0.25) is 0 Å². The molecular weight excluding hydrogens is 260 g/mol. The van der Waals surface area contributed by atoms with Gasteiger partial charge in [-0.1, -0.05) is 0 Å². The molecule has 6 heteroatoms. The van der Waals surface area contributed by atoms with Gasteiger partial charge in [0.15, 0.2) is 0 Å². The van der Waals surface area contributed by atoms with Gasteiger partial charge in [0.05, 0.1) is 16.6 Å². The number of benzene rings is 1. The van der Waals surface area contributed by atoms with Crippen LogP contribution in [0.4, 0.5) is 0 Å². The van der Waals surface area contributed by atoms with Crippen molar-refractivity contribution in [1.29, 1.82) is 0 Å². The Labute approximate surface area is 110 Å². The smallest absolute Gasteiger partial charge is 0.266 e. The summed E-state index contributed by atoms with van der Waals surface area (Å²) in [6, 6.07) is 3.84. The summed E-state index contributed by atoms with van der Waals surface area (Å²) >= 11 is 1.39. The third kappa shape index (κ3) is 1.43. The second-order valence-electron chi connectivity index (χ2n) is 4.00. The Morgan fingerprint density at radius 3 is 2.47 bits per heavy atom. The number of hydrogen-bond acceptors (Lipinski definition) is 6. The van der Waals surface area contributed by atoms with E-state index in [1.165, 1.54) is 23.7 Å². The Morgan fingerprint density at radius 2 is 1.58 bits per heavy atom. The Balaban J connectivity index is 2.41. The molecule has 0 unspecified atom stereocenters. The summed E-state index contributed by atoms with van der Waals surface area (Å²) < 4.78 is 1.53. The second-order valence-corrected chi connectivity index (χ2v) is 5.06. The number of aromatic nitrogens is 4. The molecule has 0 saturated carbocycles. The van der Waals surface area contributed by atoms with Gasteiger partial charge in [0.25, 0.3) is 5.56 Å². The van der Waals surface area contributed by atoms with Crippen molar-refractivity contribution >= 4 is 42.7 Å². The first-order chi connectivity index (χ1) is 9.34. The standard InChI is InChI=1S/C13H6N4OS/c18-13-12-11(16-5-6-17-13)9-8(19-12)2-1-7-10(9)15-4-3-14-7/h1-6H. The second kappa shape index (κ2) is 3.76. The van der Waals surface area contributed by atoms with Gasteiger partial charge in [0, 0.05) is 34.9 Å². The van der Waals surface area contributed by atoms with Gasteiger partial charge in [0.1, 0.15) is 4.70 Å². The lowest BCUT2D eigenvalue weighted by Gasteiger charge is -1.96. The van der Waals surface area contributed by atoms with Crippen LogP contribution < -0.4 is 5.56 Å². The summed E-state index contributed by atoms with van der Waals surface area (Å²) in [5.74, 6) is 0. The van der Waals surface area contributed by atoms with Crippen LogP contribution in [0.3, 0.4) is 0 Å². The molecule has 0 spiro atoms. The molecule has 0 aliphatic carbocycles. The van der Waals surface area contributed by atoms with Crippen LogP contribution in [-0.2, 0) is 0 Å². The minimum absolute atomic E-state index is 0.259. The number of rotatable bonds is 0. The average molecular weight is 266 g/mol. The van der Waals surface area contributed by atoms with Crippen LogP contribution in [0.5, 0.6) is 0 Å². The van der Waals surface area contributed by atoms with Gasteiger partial charge in [0.2, 0.25) is 0 Å². The first kappa shape index (κ1) is 10.5. The highest BCUT2D eigenvalue weighted by Gasteiger charge is 2.12. The van der Waals surface area contributed by atoms with Crippen molar-refractivity contribution in [3.63, 3.8) is 0 Å². The highest BCUT2D eigenvalue weighted by atomic mass is 32.1. The topological polar surface area (TPSA) is 68.6 Å². The predicted molar refractivity (Wildman–Crippen MR) is 74.3 cm³/mol. The zero-order valence-electron chi connectivity index (χ0n) is 9.57. The average Bonchev–Trinajstić information content (AvgIpc) is 2.73. The van der Waals surface area contributed by atoms with E-state index < -0.39 is 0 Å². The molecule has 0 aliphatic rings. The summed E-state index contributed by atoms with van der Waals surface area (Å²) in [6.45, 7) is 0. The molecule has 0 atom stereocenters. The van der Waals surface area contributed by atoms with Crippen LogP contribution in [-0.4, -0.2) is 19.9 Å². The molecule has 4 aromatic rings. The predicted octanol–water partition coefficient (Wildman–Crippen LogP) is 2.15. The molecule has 0 N–H and O–H groups in total. The molecule has 90 valence electrons. The minimum atomic E-state index is -0.259. The summed E-state index contributed by atoms with van der Waals surface area (Å²) in [5.41, 5.74) is 1.95. The van der Waals surface area contributed by atoms with Gasteiger partial charge in [-0.2, -0.15) is 0 Å². The zero-order valence-corrected chi connectivity index (χ0v) is 10.4. The van der Waals surface area contributed by atoms with Gasteiger partial charge in [-0.3, -0.25) is 19.7 Å². The van der Waals surface area contributed by atoms with Gasteiger partial charge < -0.3 is 0 Å². The molecular formula is C13H6N4OS. The van der Waals surface area contributed by atoms with E-state index in [-0.39, 0.29) is 5.56 Å². The van der Waals surface area contributed by atoms with E-state index in [0.29, 0.717) is 10.2 Å². The van der Waals surface area contributed by atoms with Crippen LogP contribution in [0, 0.1) is 0 Å². The van der Waals surface area contributed by atoms with E-state index in [4.69, 9.17) is 0 Å². The Hall–Kier alpha value is -2.47. The first-order valence-corrected chi connectivity index (χ1v) is 6.43. The molecule has 0 radical (unpaired) electrons. The largest absolute Gasteiger partial charge is 0.289 e. The van der Waals surface area contributed by atoms with E-state index in [1.807, 2.05) is 12.1 Å². The van der Waals surface area contributed by atoms with Gasteiger partial charge >= 0.3 is 0 Å². The molecule has 5 nitrogen and oxygen atoms in total. The maximum atomic E-state index is 11.9. The SMILES string of the molecule is O=c1nccnc2c1sc1ccc3nccnc3c12. The fourth-order valence-electron chi connectivity index (χ4n) is 2.14. The zero-order chi connectivity index (χ0) is 12.8. The van der Waals surface area contributed by atoms with E-state index >= 15 is 0 Å². The molecule has 19 heavy (non-hydrogen) atoms. The number of hydrogen-bond donors (Lipinski definition) is 0. The van der Waals surface area contributed by atoms with Crippen molar-refractivity contribution in [2.45, 2.75) is 0 Å². The molecule has 0 fully saturated rings. The lowest BCUT2D eigenvalue weighted by atomic mass is 10.2. The van der Waals surface area contributed by atoms with Crippen LogP contribution in [0.15, 0.2) is 41.7 Å². The van der Waals surface area contributed by atoms with E-state index in [0.717, 1.165) is 21.1 Å². The van der Waals surface area contributed by atoms with Gasteiger partial charge in [-0.25, -0.2) is 4.98 Å². The molecule has 1 aromatic carbocycles. The van der Waals surface area contributed by atoms with Crippen LogP contribution >= 0.6 is 11.3 Å².